The number of dihydropyridines is 1. The molecule has 8 heteroatoms. The fourth-order valence-electron chi connectivity index (χ4n) is 3.64. The molecule has 0 saturated heterocycles. The molecular weight excluding hydrogens is 486 g/mol. The Labute approximate surface area is 211 Å². The van der Waals surface area contributed by atoms with E-state index in [0.29, 0.717) is 38.1 Å². The van der Waals surface area contributed by atoms with Crippen LogP contribution in [0.2, 0.25) is 5.02 Å². The standard InChI is InChI=1S/C26H20ClN3O2S2/c1-16-23(25(32)30-19-6-3-2-4-7-19)24(22-8-5-13-33-22)20(14-28)26(29-16)34-15-21(31)17-9-11-18(27)12-10-17/h2-13,24,29H,15H2,1H3,(H,30,32)/t24-/m0/s1. The zero-order valence-electron chi connectivity index (χ0n) is 18.2. The number of hydrogen-bond donors (Lipinski definition) is 2. The average molecular weight is 506 g/mol. The number of thiophene rings is 1. The highest BCUT2D eigenvalue weighted by atomic mass is 35.5. The number of para-hydroxylation sites is 1. The fraction of sp³-hybridized carbons (Fsp3) is 0.115. The van der Waals surface area contributed by atoms with Crippen LogP contribution in [-0.4, -0.2) is 17.4 Å². The predicted molar refractivity (Wildman–Crippen MR) is 139 cm³/mol. The third-order valence-electron chi connectivity index (χ3n) is 5.27. The minimum absolute atomic E-state index is 0.0739. The Kier molecular flexibility index (Phi) is 7.53. The first kappa shape index (κ1) is 23.8. The van der Waals surface area contributed by atoms with Gasteiger partial charge in [-0.05, 0) is 54.8 Å². The zero-order chi connectivity index (χ0) is 24.1. The van der Waals surface area contributed by atoms with E-state index in [0.717, 1.165) is 4.88 Å². The smallest absolute Gasteiger partial charge is 0.254 e. The predicted octanol–water partition coefficient (Wildman–Crippen LogP) is 6.35. The number of nitrogens with zero attached hydrogens (tertiary/aromatic N) is 1. The molecular formula is C26H20ClN3O2S2. The van der Waals surface area contributed by atoms with Crippen molar-refractivity contribution in [3.63, 3.8) is 0 Å². The van der Waals surface area contributed by atoms with Gasteiger partial charge in [0, 0.05) is 32.4 Å². The number of hydrogen-bond acceptors (Lipinski definition) is 6. The van der Waals surface area contributed by atoms with Gasteiger partial charge in [-0.3, -0.25) is 9.59 Å². The average Bonchev–Trinajstić information content (AvgIpc) is 3.37. The van der Waals surface area contributed by atoms with Crippen molar-refractivity contribution in [2.75, 3.05) is 11.1 Å². The highest BCUT2D eigenvalue weighted by molar-refractivity contribution is 8.03. The highest BCUT2D eigenvalue weighted by Crippen LogP contribution is 2.42. The lowest BCUT2D eigenvalue weighted by molar-refractivity contribution is -0.113. The Balaban J connectivity index is 1.63. The van der Waals surface area contributed by atoms with Gasteiger partial charge in [0.05, 0.1) is 28.3 Å². The minimum Gasteiger partial charge on any atom is -0.353 e. The number of allylic oxidation sites excluding steroid dienone is 2. The number of nitriles is 1. The van der Waals surface area contributed by atoms with E-state index in [2.05, 4.69) is 16.7 Å². The van der Waals surface area contributed by atoms with E-state index in [-0.39, 0.29) is 17.4 Å². The maximum Gasteiger partial charge on any atom is 0.254 e. The van der Waals surface area contributed by atoms with Crippen molar-refractivity contribution in [2.45, 2.75) is 12.8 Å². The van der Waals surface area contributed by atoms with Gasteiger partial charge < -0.3 is 10.6 Å². The Morgan fingerprint density at radius 3 is 2.50 bits per heavy atom. The monoisotopic (exact) mass is 505 g/mol. The first-order valence-corrected chi connectivity index (χ1v) is 12.7. The van der Waals surface area contributed by atoms with E-state index >= 15 is 0 Å². The number of carbonyl (C=O) groups is 2. The van der Waals surface area contributed by atoms with Crippen molar-refractivity contribution in [2.24, 2.45) is 0 Å². The molecule has 1 aliphatic rings. The number of amides is 1. The maximum absolute atomic E-state index is 13.3. The quantitative estimate of drug-likeness (QED) is 0.365. The van der Waals surface area contributed by atoms with Crippen molar-refractivity contribution >= 4 is 52.1 Å². The molecule has 0 aliphatic carbocycles. The summed E-state index contributed by atoms with van der Waals surface area (Å²) in [6, 6.07) is 22.0. The van der Waals surface area contributed by atoms with Crippen molar-refractivity contribution < 1.29 is 9.59 Å². The summed E-state index contributed by atoms with van der Waals surface area (Å²) in [4.78, 5) is 26.9. The molecule has 3 aromatic rings. The molecule has 2 aromatic carbocycles. The molecule has 0 bridgehead atoms. The number of benzene rings is 2. The number of carbonyl (C=O) groups excluding carboxylic acids is 2. The van der Waals surface area contributed by atoms with Gasteiger partial charge in [-0.15, -0.1) is 11.3 Å². The molecule has 4 rings (SSSR count). The summed E-state index contributed by atoms with van der Waals surface area (Å²) in [5, 5.41) is 19.3. The summed E-state index contributed by atoms with van der Waals surface area (Å²) < 4.78 is 0. The molecule has 2 N–H and O–H groups in total. The van der Waals surface area contributed by atoms with Crippen LogP contribution in [0.5, 0.6) is 0 Å². The van der Waals surface area contributed by atoms with E-state index < -0.39 is 5.92 Å². The van der Waals surface area contributed by atoms with E-state index in [1.807, 2.05) is 54.8 Å². The molecule has 1 atom stereocenters. The first-order valence-electron chi connectivity index (χ1n) is 10.4. The van der Waals surface area contributed by atoms with Crippen LogP contribution >= 0.6 is 34.7 Å². The second-order valence-corrected chi connectivity index (χ2v) is 9.91. The van der Waals surface area contributed by atoms with Crippen molar-refractivity contribution in [3.05, 3.63) is 109 Å². The summed E-state index contributed by atoms with van der Waals surface area (Å²) in [7, 11) is 0. The van der Waals surface area contributed by atoms with Crippen LogP contribution < -0.4 is 10.6 Å². The van der Waals surface area contributed by atoms with E-state index in [1.165, 1.54) is 23.1 Å². The van der Waals surface area contributed by atoms with Gasteiger partial charge >= 0.3 is 0 Å². The first-order chi connectivity index (χ1) is 16.5. The summed E-state index contributed by atoms with van der Waals surface area (Å²) in [5.41, 5.74) is 2.77. The van der Waals surface area contributed by atoms with Crippen LogP contribution in [0.1, 0.15) is 28.1 Å². The van der Waals surface area contributed by atoms with Crippen LogP contribution in [-0.2, 0) is 4.79 Å². The van der Waals surface area contributed by atoms with Crippen molar-refractivity contribution in [1.29, 1.82) is 5.26 Å². The molecule has 0 spiro atoms. The highest BCUT2D eigenvalue weighted by Gasteiger charge is 2.35. The summed E-state index contributed by atoms with van der Waals surface area (Å²) >= 11 is 8.67. The molecule has 0 radical (unpaired) electrons. The van der Waals surface area contributed by atoms with Crippen LogP contribution in [0.3, 0.4) is 0 Å². The van der Waals surface area contributed by atoms with Gasteiger partial charge in [0.15, 0.2) is 5.78 Å². The normalized spacial score (nSPS) is 15.5. The van der Waals surface area contributed by atoms with Crippen LogP contribution in [0, 0.1) is 11.3 Å². The van der Waals surface area contributed by atoms with Crippen LogP contribution in [0.4, 0.5) is 5.69 Å². The molecule has 0 fully saturated rings. The number of rotatable bonds is 7. The summed E-state index contributed by atoms with van der Waals surface area (Å²) in [6.45, 7) is 1.82. The third kappa shape index (κ3) is 5.26. The zero-order valence-corrected chi connectivity index (χ0v) is 20.6. The van der Waals surface area contributed by atoms with E-state index in [9.17, 15) is 14.9 Å². The fourth-order valence-corrected chi connectivity index (χ4v) is 5.60. The second kappa shape index (κ2) is 10.7. The molecule has 5 nitrogen and oxygen atoms in total. The molecule has 2 heterocycles. The number of halogens is 1. The van der Waals surface area contributed by atoms with Gasteiger partial charge in [0.1, 0.15) is 0 Å². The number of Topliss-reactive ketones (excluding diaryl/α,β-unsaturated/α-hetero) is 1. The number of thioether (sulfide) groups is 1. The minimum atomic E-state index is -0.525. The van der Waals surface area contributed by atoms with Crippen molar-refractivity contribution in [3.8, 4) is 6.07 Å². The topological polar surface area (TPSA) is 82.0 Å². The molecule has 170 valence electrons. The molecule has 1 amide bonds. The van der Waals surface area contributed by atoms with Crippen LogP contribution in [0.15, 0.2) is 94.0 Å². The van der Waals surface area contributed by atoms with Gasteiger partial charge in [-0.2, -0.15) is 5.26 Å². The van der Waals surface area contributed by atoms with Gasteiger partial charge in [0.25, 0.3) is 5.91 Å². The molecule has 34 heavy (non-hydrogen) atoms. The summed E-state index contributed by atoms with van der Waals surface area (Å²) in [6.07, 6.45) is 0. The second-order valence-electron chi connectivity index (χ2n) is 7.51. The summed E-state index contributed by atoms with van der Waals surface area (Å²) in [5.74, 6) is -0.729. The van der Waals surface area contributed by atoms with Gasteiger partial charge in [0.2, 0.25) is 0 Å². The van der Waals surface area contributed by atoms with Crippen LogP contribution in [0.25, 0.3) is 0 Å². The lowest BCUT2D eigenvalue weighted by Crippen LogP contribution is -2.30. The van der Waals surface area contributed by atoms with Gasteiger partial charge in [-0.25, -0.2) is 0 Å². The SMILES string of the molecule is CC1=C(C(=O)Nc2ccccc2)[C@H](c2cccs2)C(C#N)=C(SCC(=O)c2ccc(Cl)cc2)N1. The largest absolute Gasteiger partial charge is 0.353 e. The van der Waals surface area contributed by atoms with Crippen molar-refractivity contribution in [1.82, 2.24) is 5.32 Å². The lowest BCUT2D eigenvalue weighted by Gasteiger charge is -2.29. The van der Waals surface area contributed by atoms with E-state index in [4.69, 9.17) is 11.6 Å². The molecule has 1 aromatic heterocycles. The Morgan fingerprint density at radius 1 is 1.12 bits per heavy atom. The number of anilines is 1. The Hall–Kier alpha value is -3.31. The number of ketones is 1. The van der Waals surface area contributed by atoms with Gasteiger partial charge in [-0.1, -0.05) is 47.6 Å². The number of nitrogens with one attached hydrogen (secondary N) is 2. The Bertz CT molecular complexity index is 1310. The molecule has 1 aliphatic heterocycles. The Morgan fingerprint density at radius 2 is 1.85 bits per heavy atom. The lowest BCUT2D eigenvalue weighted by atomic mass is 9.86. The molecule has 0 saturated carbocycles. The molecule has 0 unspecified atom stereocenters. The third-order valence-corrected chi connectivity index (χ3v) is 7.47. The maximum atomic E-state index is 13.3. The van der Waals surface area contributed by atoms with E-state index in [1.54, 1.807) is 24.3 Å².